The lowest BCUT2D eigenvalue weighted by Gasteiger charge is -2.21. The van der Waals surface area contributed by atoms with Crippen LogP contribution in [0.4, 0.5) is 15.2 Å². The summed E-state index contributed by atoms with van der Waals surface area (Å²) < 4.78 is 13.6. The van der Waals surface area contributed by atoms with Crippen LogP contribution in [0.15, 0.2) is 78.9 Å². The number of pyridine rings is 1. The predicted octanol–water partition coefficient (Wildman–Crippen LogP) is 6.35. The first-order chi connectivity index (χ1) is 15.0. The highest BCUT2D eigenvalue weighted by Crippen LogP contribution is 2.37. The summed E-state index contributed by atoms with van der Waals surface area (Å²) >= 11 is 1.51. The number of aromatic nitrogens is 1. The van der Waals surface area contributed by atoms with Gasteiger partial charge in [0.25, 0.3) is 5.91 Å². The number of anilines is 2. The quantitative estimate of drug-likeness (QED) is 0.374. The molecule has 2 aromatic heterocycles. The second-order valence-electron chi connectivity index (χ2n) is 7.25. The number of amides is 1. The van der Waals surface area contributed by atoms with E-state index >= 15 is 0 Å². The minimum atomic E-state index is -0.314. The summed E-state index contributed by atoms with van der Waals surface area (Å²) in [7, 11) is 0. The summed E-state index contributed by atoms with van der Waals surface area (Å²) in [6.07, 6.45) is 0. The number of rotatable bonds is 6. The van der Waals surface area contributed by atoms with E-state index in [1.54, 1.807) is 24.3 Å². The first kappa shape index (κ1) is 20.8. The van der Waals surface area contributed by atoms with Gasteiger partial charge in [0.1, 0.15) is 16.6 Å². The lowest BCUT2D eigenvalue weighted by molar-refractivity contribution is 0.102. The molecule has 0 aliphatic heterocycles. The summed E-state index contributed by atoms with van der Waals surface area (Å²) in [4.78, 5) is 18.4. The molecule has 0 bridgehead atoms. The first-order valence-corrected chi connectivity index (χ1v) is 10.7. The topological polar surface area (TPSA) is 54.0 Å². The van der Waals surface area contributed by atoms with E-state index in [1.807, 2.05) is 56.3 Å². The molecule has 4 rings (SSSR count). The maximum atomic E-state index is 13.6. The van der Waals surface area contributed by atoms with Crippen molar-refractivity contribution in [3.8, 4) is 0 Å². The number of aryl methyl sites for hydroxylation is 2. The maximum absolute atomic E-state index is 13.6. The Bertz CT molecular complexity index is 1190. The second-order valence-corrected chi connectivity index (χ2v) is 8.51. The normalized spacial score (nSPS) is 11.7. The Morgan fingerprint density at radius 2 is 1.71 bits per heavy atom. The second kappa shape index (κ2) is 9.10. The summed E-state index contributed by atoms with van der Waals surface area (Å²) in [5.41, 5.74) is 3.26. The first-order valence-electron chi connectivity index (χ1n) is 9.92. The molecule has 0 aliphatic carbocycles. The van der Waals surface area contributed by atoms with E-state index in [-0.39, 0.29) is 17.8 Å². The highest BCUT2D eigenvalue weighted by molar-refractivity contribution is 7.16. The van der Waals surface area contributed by atoms with Crippen LogP contribution in [0, 0.1) is 19.7 Å². The Hall–Kier alpha value is -3.51. The van der Waals surface area contributed by atoms with Gasteiger partial charge < -0.3 is 10.6 Å². The van der Waals surface area contributed by atoms with Gasteiger partial charge in [-0.3, -0.25) is 4.79 Å². The van der Waals surface area contributed by atoms with Crippen LogP contribution >= 0.6 is 11.3 Å². The van der Waals surface area contributed by atoms with Gasteiger partial charge in [-0.2, -0.15) is 0 Å². The Balaban J connectivity index is 1.72. The number of carbonyl (C=O) groups excluding carboxylic acids is 1. The van der Waals surface area contributed by atoms with Gasteiger partial charge in [-0.25, -0.2) is 9.37 Å². The van der Waals surface area contributed by atoms with Crippen LogP contribution in [-0.4, -0.2) is 10.9 Å². The number of hydrogen-bond donors (Lipinski definition) is 2. The molecule has 0 radical (unpaired) electrons. The van der Waals surface area contributed by atoms with Gasteiger partial charge in [0.2, 0.25) is 0 Å². The van der Waals surface area contributed by atoms with Gasteiger partial charge in [-0.15, -0.1) is 11.3 Å². The van der Waals surface area contributed by atoms with Crippen LogP contribution in [0.1, 0.15) is 38.1 Å². The molecule has 0 spiro atoms. The molecule has 4 aromatic rings. The van der Waals surface area contributed by atoms with Gasteiger partial charge in [-0.1, -0.05) is 36.4 Å². The van der Waals surface area contributed by atoms with Gasteiger partial charge >= 0.3 is 0 Å². The zero-order valence-corrected chi connectivity index (χ0v) is 18.0. The van der Waals surface area contributed by atoms with Crippen LogP contribution in [0.5, 0.6) is 0 Å². The number of thiophene rings is 1. The van der Waals surface area contributed by atoms with Gasteiger partial charge in [0.05, 0.1) is 6.04 Å². The van der Waals surface area contributed by atoms with E-state index in [0.717, 1.165) is 26.7 Å². The van der Waals surface area contributed by atoms with Crippen molar-refractivity contribution in [2.75, 3.05) is 10.6 Å². The molecular weight excluding hydrogens is 409 g/mol. The minimum absolute atomic E-state index is 0.171. The van der Waals surface area contributed by atoms with Gasteiger partial charge in [0, 0.05) is 21.7 Å². The summed E-state index contributed by atoms with van der Waals surface area (Å²) in [6, 6.07) is 23.0. The Kier molecular flexibility index (Phi) is 6.09. The van der Waals surface area contributed by atoms with E-state index in [9.17, 15) is 9.18 Å². The molecule has 0 saturated carbocycles. The fraction of sp³-hybridized carbons (Fsp3) is 0.120. The summed E-state index contributed by atoms with van der Waals surface area (Å²) in [5.74, 6) is 0.240. The molecular formula is C25H22FN3OS. The molecule has 1 amide bonds. The third-order valence-corrected chi connectivity index (χ3v) is 5.82. The molecule has 0 saturated heterocycles. The molecule has 4 nitrogen and oxygen atoms in total. The number of hydrogen-bond acceptors (Lipinski definition) is 4. The summed E-state index contributed by atoms with van der Waals surface area (Å²) in [6.45, 7) is 3.93. The van der Waals surface area contributed by atoms with Crippen molar-refractivity contribution in [2.24, 2.45) is 0 Å². The Labute approximate surface area is 184 Å². The molecule has 2 aromatic carbocycles. The molecule has 6 heteroatoms. The third kappa shape index (κ3) is 4.98. The van der Waals surface area contributed by atoms with E-state index in [2.05, 4.69) is 15.6 Å². The molecule has 1 atom stereocenters. The zero-order chi connectivity index (χ0) is 21.8. The minimum Gasteiger partial charge on any atom is -0.359 e. The highest BCUT2D eigenvalue weighted by atomic mass is 32.1. The lowest BCUT2D eigenvalue weighted by atomic mass is 9.99. The fourth-order valence-electron chi connectivity index (χ4n) is 3.38. The van der Waals surface area contributed by atoms with E-state index < -0.39 is 0 Å². The van der Waals surface area contributed by atoms with Crippen molar-refractivity contribution in [2.45, 2.75) is 19.9 Å². The van der Waals surface area contributed by atoms with Crippen molar-refractivity contribution in [3.63, 3.8) is 0 Å². The average molecular weight is 432 g/mol. The highest BCUT2D eigenvalue weighted by Gasteiger charge is 2.22. The average Bonchev–Trinajstić information content (AvgIpc) is 3.13. The van der Waals surface area contributed by atoms with E-state index in [0.29, 0.717) is 11.4 Å². The number of nitrogens with one attached hydrogen (secondary N) is 2. The fourth-order valence-corrected chi connectivity index (χ4v) is 4.32. The molecule has 2 heterocycles. The maximum Gasteiger partial charge on any atom is 0.256 e. The SMILES string of the molecule is Cc1cccc(NC(c2ccc(F)cc2)c2cc(C)sc2NC(=O)c2ccccc2)n1. The Morgan fingerprint density at radius 3 is 2.42 bits per heavy atom. The van der Waals surface area contributed by atoms with Crippen molar-refractivity contribution in [1.82, 2.24) is 4.98 Å². The molecule has 31 heavy (non-hydrogen) atoms. The zero-order valence-electron chi connectivity index (χ0n) is 17.2. The van der Waals surface area contributed by atoms with Crippen molar-refractivity contribution < 1.29 is 9.18 Å². The predicted molar refractivity (Wildman–Crippen MR) is 124 cm³/mol. The largest absolute Gasteiger partial charge is 0.359 e. The standard InChI is InChI=1S/C25H22FN3OS/c1-16-7-6-10-22(27-16)28-23(18-11-13-20(26)14-12-18)21-15-17(2)31-25(21)29-24(30)19-8-4-3-5-9-19/h3-15,23H,1-2H3,(H,27,28)(H,29,30). The number of nitrogens with zero attached hydrogens (tertiary/aromatic N) is 1. The smallest absolute Gasteiger partial charge is 0.256 e. The molecule has 2 N–H and O–H groups in total. The Morgan fingerprint density at radius 1 is 0.968 bits per heavy atom. The van der Waals surface area contributed by atoms with Crippen LogP contribution in [0.3, 0.4) is 0 Å². The summed E-state index contributed by atoms with van der Waals surface area (Å²) in [5, 5.41) is 7.26. The third-order valence-electron chi connectivity index (χ3n) is 4.84. The van der Waals surface area contributed by atoms with Crippen molar-refractivity contribution in [3.05, 3.63) is 112 Å². The van der Waals surface area contributed by atoms with Crippen LogP contribution in [-0.2, 0) is 0 Å². The van der Waals surface area contributed by atoms with E-state index in [4.69, 9.17) is 0 Å². The lowest BCUT2D eigenvalue weighted by Crippen LogP contribution is -2.17. The van der Waals surface area contributed by atoms with E-state index in [1.165, 1.54) is 23.5 Å². The molecule has 1 unspecified atom stereocenters. The van der Waals surface area contributed by atoms with Crippen molar-refractivity contribution >= 4 is 28.1 Å². The molecule has 0 fully saturated rings. The number of carbonyl (C=O) groups is 1. The number of halogens is 1. The van der Waals surface area contributed by atoms with Gasteiger partial charge in [-0.05, 0) is 61.9 Å². The number of benzene rings is 2. The molecule has 0 aliphatic rings. The van der Waals surface area contributed by atoms with Crippen LogP contribution < -0.4 is 10.6 Å². The molecule has 156 valence electrons. The van der Waals surface area contributed by atoms with Gasteiger partial charge in [0.15, 0.2) is 0 Å². The van der Waals surface area contributed by atoms with Crippen molar-refractivity contribution in [1.29, 1.82) is 0 Å². The van der Waals surface area contributed by atoms with Crippen LogP contribution in [0.2, 0.25) is 0 Å². The van der Waals surface area contributed by atoms with Crippen LogP contribution in [0.25, 0.3) is 0 Å². The monoisotopic (exact) mass is 431 g/mol.